The van der Waals surface area contributed by atoms with Crippen molar-refractivity contribution >= 4 is 11.5 Å². The summed E-state index contributed by atoms with van der Waals surface area (Å²) in [7, 11) is 0. The number of anilines is 2. The number of aliphatic hydroxyl groups is 1. The Balaban J connectivity index is 1.75. The summed E-state index contributed by atoms with van der Waals surface area (Å²) in [5, 5.41) is 16.4. The van der Waals surface area contributed by atoms with Crippen LogP contribution in [-0.4, -0.2) is 19.6 Å². The Morgan fingerprint density at radius 2 is 2.19 bits per heavy atom. The number of aliphatic hydroxyl groups excluding tert-OH is 1. The van der Waals surface area contributed by atoms with E-state index in [4.69, 9.17) is 0 Å². The molecule has 0 fully saturated rings. The maximum atomic E-state index is 13.6. The number of rotatable bonds is 4. The number of fused-ring (bicyclic) bond motifs is 1. The third-order valence-electron chi connectivity index (χ3n) is 4.62. The van der Waals surface area contributed by atoms with E-state index in [0.29, 0.717) is 29.2 Å². The van der Waals surface area contributed by atoms with Gasteiger partial charge in [0.05, 0.1) is 5.69 Å². The molecule has 1 aliphatic heterocycles. The van der Waals surface area contributed by atoms with E-state index in [1.54, 1.807) is 43.5 Å². The predicted octanol–water partition coefficient (Wildman–Crippen LogP) is 2.03. The lowest BCUT2D eigenvalue weighted by Gasteiger charge is -2.28. The lowest BCUT2D eigenvalue weighted by molar-refractivity contribution is 0.111. The highest BCUT2D eigenvalue weighted by Gasteiger charge is 2.40. The van der Waals surface area contributed by atoms with Crippen LogP contribution in [0.2, 0.25) is 0 Å². The van der Waals surface area contributed by atoms with Crippen LogP contribution in [0, 0.1) is 5.82 Å². The van der Waals surface area contributed by atoms with Gasteiger partial charge in [0.1, 0.15) is 35.5 Å². The van der Waals surface area contributed by atoms with Crippen molar-refractivity contribution in [1.29, 1.82) is 0 Å². The Kier molecular flexibility index (Phi) is 4.21. The topological polar surface area (TPSA) is 92.1 Å². The Morgan fingerprint density at radius 3 is 2.93 bits per heavy atom. The number of hydrogen-bond acceptors (Lipinski definition) is 6. The number of nitrogens with one attached hydrogen (secondary N) is 2. The van der Waals surface area contributed by atoms with Gasteiger partial charge in [-0.3, -0.25) is 14.7 Å². The van der Waals surface area contributed by atoms with Gasteiger partial charge in [0.25, 0.3) is 5.56 Å². The second-order valence-electron chi connectivity index (χ2n) is 6.66. The molecule has 0 radical (unpaired) electrons. The number of halogens is 1. The highest BCUT2D eigenvalue weighted by atomic mass is 19.1. The van der Waals surface area contributed by atoms with Gasteiger partial charge in [0.2, 0.25) is 0 Å². The molecule has 2 unspecified atom stereocenters. The zero-order valence-electron chi connectivity index (χ0n) is 14.6. The van der Waals surface area contributed by atoms with Gasteiger partial charge in [-0.05, 0) is 42.8 Å². The first-order valence-electron chi connectivity index (χ1n) is 8.46. The number of pyridine rings is 1. The zero-order chi connectivity index (χ0) is 19.0. The minimum atomic E-state index is -0.996. The molecule has 2 atom stereocenters. The third-order valence-corrected chi connectivity index (χ3v) is 4.62. The standard InChI is InChI=1S/C19H18FN5O2/c1-19(10-12-3-2-4-13(20)9-12)24-17(26)15-6-5-14(18(27)25(15)19)23-16-7-8-21-11-22-16/h2-9,11,17,24,26H,10H2,1H3,(H,21,22,23). The Labute approximate surface area is 154 Å². The molecule has 8 heteroatoms. The summed E-state index contributed by atoms with van der Waals surface area (Å²) in [5.41, 5.74) is 0.259. The molecule has 138 valence electrons. The van der Waals surface area contributed by atoms with E-state index in [9.17, 15) is 14.3 Å². The summed E-state index contributed by atoms with van der Waals surface area (Å²) < 4.78 is 15.1. The average molecular weight is 367 g/mol. The Morgan fingerprint density at radius 1 is 1.33 bits per heavy atom. The number of aromatic nitrogens is 3. The maximum absolute atomic E-state index is 13.6. The van der Waals surface area contributed by atoms with Gasteiger partial charge < -0.3 is 10.4 Å². The average Bonchev–Trinajstić information content (AvgIpc) is 2.89. The largest absolute Gasteiger partial charge is 0.373 e. The predicted molar refractivity (Wildman–Crippen MR) is 97.9 cm³/mol. The summed E-state index contributed by atoms with van der Waals surface area (Å²) in [6, 6.07) is 11.1. The van der Waals surface area contributed by atoms with Gasteiger partial charge >= 0.3 is 0 Å². The third kappa shape index (κ3) is 3.20. The molecule has 27 heavy (non-hydrogen) atoms. The van der Waals surface area contributed by atoms with Crippen molar-refractivity contribution in [2.75, 3.05) is 5.32 Å². The molecule has 0 saturated heterocycles. The van der Waals surface area contributed by atoms with Crippen LogP contribution in [0.15, 0.2) is 59.8 Å². The van der Waals surface area contributed by atoms with Crippen molar-refractivity contribution in [1.82, 2.24) is 19.9 Å². The molecule has 0 amide bonds. The van der Waals surface area contributed by atoms with Crippen molar-refractivity contribution in [2.45, 2.75) is 25.2 Å². The van der Waals surface area contributed by atoms with Crippen LogP contribution in [-0.2, 0) is 12.1 Å². The molecule has 3 N–H and O–H groups in total. The monoisotopic (exact) mass is 367 g/mol. The lowest BCUT2D eigenvalue weighted by Crippen LogP contribution is -2.46. The minimum Gasteiger partial charge on any atom is -0.373 e. The van der Waals surface area contributed by atoms with Crippen molar-refractivity contribution in [3.63, 3.8) is 0 Å². The zero-order valence-corrected chi connectivity index (χ0v) is 14.6. The maximum Gasteiger partial charge on any atom is 0.276 e. The first-order valence-corrected chi connectivity index (χ1v) is 8.46. The first-order chi connectivity index (χ1) is 13.0. The second-order valence-corrected chi connectivity index (χ2v) is 6.66. The van der Waals surface area contributed by atoms with Gasteiger partial charge in [-0.2, -0.15) is 0 Å². The lowest BCUT2D eigenvalue weighted by atomic mass is 10.0. The van der Waals surface area contributed by atoms with E-state index >= 15 is 0 Å². The quantitative estimate of drug-likeness (QED) is 0.654. The van der Waals surface area contributed by atoms with Gasteiger partial charge in [-0.1, -0.05) is 12.1 Å². The van der Waals surface area contributed by atoms with E-state index in [1.807, 2.05) is 0 Å². The van der Waals surface area contributed by atoms with E-state index in [0.717, 1.165) is 0 Å². The molecule has 7 nitrogen and oxygen atoms in total. The van der Waals surface area contributed by atoms with Crippen LogP contribution in [0.4, 0.5) is 15.9 Å². The fourth-order valence-corrected chi connectivity index (χ4v) is 3.48. The van der Waals surface area contributed by atoms with Crippen LogP contribution in [0.3, 0.4) is 0 Å². The van der Waals surface area contributed by atoms with E-state index in [2.05, 4.69) is 20.6 Å². The molecule has 0 aliphatic carbocycles. The smallest absolute Gasteiger partial charge is 0.276 e. The van der Waals surface area contributed by atoms with Crippen LogP contribution < -0.4 is 16.2 Å². The van der Waals surface area contributed by atoms with Gasteiger partial charge in [0, 0.05) is 12.6 Å². The van der Waals surface area contributed by atoms with Crippen LogP contribution in [0.25, 0.3) is 0 Å². The Hall–Kier alpha value is -3.10. The summed E-state index contributed by atoms with van der Waals surface area (Å²) >= 11 is 0. The van der Waals surface area contributed by atoms with Gasteiger partial charge in [-0.15, -0.1) is 0 Å². The van der Waals surface area contributed by atoms with Gasteiger partial charge in [0.15, 0.2) is 0 Å². The fourth-order valence-electron chi connectivity index (χ4n) is 3.48. The molecular weight excluding hydrogens is 349 g/mol. The van der Waals surface area contributed by atoms with Crippen molar-refractivity contribution in [3.05, 3.63) is 82.4 Å². The molecule has 3 aromatic rings. The molecule has 0 saturated carbocycles. The highest BCUT2D eigenvalue weighted by Crippen LogP contribution is 2.31. The summed E-state index contributed by atoms with van der Waals surface area (Å²) in [4.78, 5) is 21.0. The molecule has 1 aliphatic rings. The molecule has 1 aromatic carbocycles. The molecule has 0 bridgehead atoms. The fraction of sp³-hybridized carbons (Fsp3) is 0.211. The van der Waals surface area contributed by atoms with E-state index in [1.165, 1.54) is 23.0 Å². The van der Waals surface area contributed by atoms with E-state index < -0.39 is 11.9 Å². The minimum absolute atomic E-state index is 0.311. The van der Waals surface area contributed by atoms with Crippen LogP contribution >= 0.6 is 0 Å². The summed E-state index contributed by atoms with van der Waals surface area (Å²) in [6.45, 7) is 1.80. The van der Waals surface area contributed by atoms with Crippen molar-refractivity contribution in [3.8, 4) is 0 Å². The molecule has 0 spiro atoms. The van der Waals surface area contributed by atoms with Crippen LogP contribution in [0.5, 0.6) is 0 Å². The molecule has 2 aromatic heterocycles. The molecule has 4 rings (SSSR count). The number of benzene rings is 1. The molecule has 3 heterocycles. The summed E-state index contributed by atoms with van der Waals surface area (Å²) in [6.07, 6.45) is 2.28. The molecular formula is C19H18FN5O2. The number of hydrogen-bond donors (Lipinski definition) is 3. The number of nitrogens with zero attached hydrogens (tertiary/aromatic N) is 3. The Bertz CT molecular complexity index is 1040. The first kappa shape index (κ1) is 17.3. The second kappa shape index (κ2) is 6.57. The van der Waals surface area contributed by atoms with Crippen molar-refractivity contribution < 1.29 is 9.50 Å². The normalized spacial score (nSPS) is 21.1. The van der Waals surface area contributed by atoms with Crippen LogP contribution in [0.1, 0.15) is 24.4 Å². The van der Waals surface area contributed by atoms with Crippen molar-refractivity contribution in [2.24, 2.45) is 0 Å². The summed E-state index contributed by atoms with van der Waals surface area (Å²) in [5.74, 6) is 0.141. The highest BCUT2D eigenvalue weighted by molar-refractivity contribution is 5.55. The van der Waals surface area contributed by atoms with E-state index in [-0.39, 0.29) is 11.4 Å². The van der Waals surface area contributed by atoms with Gasteiger partial charge in [-0.25, -0.2) is 14.4 Å². The SMILES string of the molecule is CC1(Cc2cccc(F)c2)NC(O)c2ccc(Nc3ccncn3)c(=O)n21.